The quantitative estimate of drug-likeness (QED) is 0.298. The summed E-state index contributed by atoms with van der Waals surface area (Å²) in [7, 11) is 3.87. The summed E-state index contributed by atoms with van der Waals surface area (Å²) in [6.07, 6.45) is 10.7. The zero-order valence-electron chi connectivity index (χ0n) is 19.2. The van der Waals surface area contributed by atoms with Crippen LogP contribution in [0.4, 0.5) is 5.69 Å². The minimum absolute atomic E-state index is 0.0315. The van der Waals surface area contributed by atoms with Crippen LogP contribution in [-0.2, 0) is 16.0 Å². The molecule has 2 N–H and O–H groups in total. The van der Waals surface area contributed by atoms with Gasteiger partial charge in [-0.3, -0.25) is 9.59 Å². The van der Waals surface area contributed by atoms with Crippen molar-refractivity contribution >= 4 is 17.3 Å². The molecule has 0 fully saturated rings. The first-order valence-electron chi connectivity index (χ1n) is 11.6. The van der Waals surface area contributed by atoms with Crippen LogP contribution in [0.25, 0.3) is 0 Å². The van der Waals surface area contributed by atoms with E-state index in [1.807, 2.05) is 43.3 Å². The minimum atomic E-state index is -0.639. The third-order valence-electron chi connectivity index (χ3n) is 5.91. The topological polar surface area (TPSA) is 77.8 Å². The first-order valence-corrected chi connectivity index (χ1v) is 11.6. The van der Waals surface area contributed by atoms with Crippen molar-refractivity contribution in [1.82, 2.24) is 0 Å². The van der Waals surface area contributed by atoms with Crippen LogP contribution in [0.3, 0.4) is 0 Å². The Morgan fingerprint density at radius 2 is 1.19 bits per heavy atom. The van der Waals surface area contributed by atoms with Crippen LogP contribution in [0, 0.1) is 0 Å². The van der Waals surface area contributed by atoms with Crippen LogP contribution < -0.4 is 4.90 Å². The molecule has 0 saturated heterocycles. The van der Waals surface area contributed by atoms with Crippen LogP contribution >= 0.6 is 0 Å². The van der Waals surface area contributed by atoms with Gasteiger partial charge in [-0.25, -0.2) is 0 Å². The Bertz CT molecular complexity index is 818. The van der Waals surface area contributed by atoms with E-state index in [9.17, 15) is 19.8 Å². The number of aliphatic hydroxyl groups is 2. The van der Waals surface area contributed by atoms with Gasteiger partial charge in [-0.15, -0.1) is 0 Å². The number of allylic oxidation sites excluding steroid dienone is 2. The van der Waals surface area contributed by atoms with Crippen LogP contribution in [0.5, 0.6) is 0 Å². The Balaban J connectivity index is 1.89. The first kappa shape index (κ1) is 24.7. The van der Waals surface area contributed by atoms with Crippen molar-refractivity contribution in [1.29, 1.82) is 0 Å². The van der Waals surface area contributed by atoms with E-state index in [-0.39, 0.29) is 17.6 Å². The van der Waals surface area contributed by atoms with Crippen molar-refractivity contribution in [3.05, 3.63) is 52.5 Å². The monoisotopic (exact) mass is 427 g/mol. The lowest BCUT2D eigenvalue weighted by Gasteiger charge is -2.18. The summed E-state index contributed by atoms with van der Waals surface area (Å²) in [5.41, 5.74) is 1.83. The summed E-state index contributed by atoms with van der Waals surface area (Å²) >= 11 is 0. The van der Waals surface area contributed by atoms with Gasteiger partial charge in [0.2, 0.25) is 11.6 Å². The summed E-state index contributed by atoms with van der Waals surface area (Å²) in [6, 6.07) is 7.53. The number of unbranched alkanes of at least 4 members (excludes halogenated alkanes) is 8. The largest absolute Gasteiger partial charge is 0.504 e. The maximum Gasteiger partial charge on any atom is 0.227 e. The highest BCUT2D eigenvalue weighted by molar-refractivity contribution is 6.23. The molecule has 2 rings (SSSR count). The number of aliphatic hydroxyl groups excluding tert-OH is 2. The summed E-state index contributed by atoms with van der Waals surface area (Å²) in [5.74, 6) is -2.27. The molecule has 0 bridgehead atoms. The Labute approximate surface area is 186 Å². The fraction of sp³-hybridized carbons (Fsp3) is 0.538. The first-order chi connectivity index (χ1) is 14.9. The van der Waals surface area contributed by atoms with E-state index in [0.717, 1.165) is 30.5 Å². The average Bonchev–Trinajstić information content (AvgIpc) is 2.76. The molecular weight excluding hydrogens is 390 g/mol. The van der Waals surface area contributed by atoms with E-state index in [0.29, 0.717) is 6.42 Å². The van der Waals surface area contributed by atoms with E-state index in [1.54, 1.807) is 0 Å². The van der Waals surface area contributed by atoms with Crippen molar-refractivity contribution in [3.8, 4) is 0 Å². The maximum absolute atomic E-state index is 12.6. The molecule has 0 atom stereocenters. The lowest BCUT2D eigenvalue weighted by molar-refractivity contribution is -0.120. The van der Waals surface area contributed by atoms with Crippen molar-refractivity contribution in [2.45, 2.75) is 77.6 Å². The Kier molecular flexibility index (Phi) is 9.83. The number of carbonyl (C=O) groups excluding carboxylic acids is 2. The SMILES string of the molecule is CCCCCCCCCCCC1=C(O)C(=O)C(Cc2ccc(N(C)C)cc2)=C(O)C1=O. The van der Waals surface area contributed by atoms with Crippen molar-refractivity contribution in [3.63, 3.8) is 0 Å². The van der Waals surface area contributed by atoms with Crippen LogP contribution in [0.1, 0.15) is 76.7 Å². The predicted octanol–water partition coefficient (Wildman–Crippen LogP) is 5.99. The van der Waals surface area contributed by atoms with Crippen LogP contribution in [-0.4, -0.2) is 35.9 Å². The Hall–Kier alpha value is -2.56. The van der Waals surface area contributed by atoms with Gasteiger partial charge in [0, 0.05) is 31.8 Å². The molecule has 5 heteroatoms. The molecule has 170 valence electrons. The predicted molar refractivity (Wildman–Crippen MR) is 126 cm³/mol. The highest BCUT2D eigenvalue weighted by atomic mass is 16.3. The number of anilines is 1. The smallest absolute Gasteiger partial charge is 0.227 e. The van der Waals surface area contributed by atoms with Gasteiger partial charge in [-0.1, -0.05) is 70.4 Å². The maximum atomic E-state index is 12.6. The van der Waals surface area contributed by atoms with Gasteiger partial charge in [0.05, 0.1) is 5.57 Å². The van der Waals surface area contributed by atoms with E-state index in [2.05, 4.69) is 6.92 Å². The molecule has 0 aromatic heterocycles. The number of rotatable bonds is 13. The third-order valence-corrected chi connectivity index (χ3v) is 5.91. The summed E-state index contributed by atoms with van der Waals surface area (Å²) in [6.45, 7) is 2.21. The fourth-order valence-corrected chi connectivity index (χ4v) is 3.90. The number of nitrogens with zero attached hydrogens (tertiary/aromatic N) is 1. The molecule has 0 spiro atoms. The average molecular weight is 428 g/mol. The van der Waals surface area contributed by atoms with E-state index >= 15 is 0 Å². The van der Waals surface area contributed by atoms with Crippen LogP contribution in [0.15, 0.2) is 46.9 Å². The fourth-order valence-electron chi connectivity index (χ4n) is 3.90. The van der Waals surface area contributed by atoms with Gasteiger partial charge < -0.3 is 15.1 Å². The molecule has 0 radical (unpaired) electrons. The standard InChI is InChI=1S/C26H37NO4/c1-4-5-6-7-8-9-10-11-12-13-21-23(28)25(30)22(26(31)24(21)29)18-19-14-16-20(17-15-19)27(2)3/h14-17,28,31H,4-13,18H2,1-3H3. The molecule has 1 aromatic carbocycles. The number of hydrogen-bond donors (Lipinski definition) is 2. The van der Waals surface area contributed by atoms with E-state index in [4.69, 9.17) is 0 Å². The van der Waals surface area contributed by atoms with E-state index < -0.39 is 23.1 Å². The molecule has 5 nitrogen and oxygen atoms in total. The zero-order chi connectivity index (χ0) is 22.8. The molecule has 0 unspecified atom stereocenters. The second-order valence-corrected chi connectivity index (χ2v) is 8.63. The highest BCUT2D eigenvalue weighted by Gasteiger charge is 2.34. The number of benzene rings is 1. The van der Waals surface area contributed by atoms with Gasteiger partial charge in [0.1, 0.15) is 0 Å². The molecule has 0 heterocycles. The number of ketones is 2. The lowest BCUT2D eigenvalue weighted by atomic mass is 9.87. The van der Waals surface area contributed by atoms with Gasteiger partial charge >= 0.3 is 0 Å². The number of carbonyl (C=O) groups is 2. The van der Waals surface area contributed by atoms with Gasteiger partial charge in [-0.05, 0) is 30.5 Å². The summed E-state index contributed by atoms with van der Waals surface area (Å²) in [4.78, 5) is 27.2. The Morgan fingerprint density at radius 1 is 0.710 bits per heavy atom. The molecule has 1 aliphatic rings. The molecular formula is C26H37NO4. The normalized spacial score (nSPS) is 14.5. The molecule has 1 aromatic rings. The third kappa shape index (κ3) is 6.98. The van der Waals surface area contributed by atoms with Crippen molar-refractivity contribution in [2.75, 3.05) is 19.0 Å². The van der Waals surface area contributed by atoms with Crippen LogP contribution in [0.2, 0.25) is 0 Å². The summed E-state index contributed by atoms with van der Waals surface area (Å²) < 4.78 is 0. The second-order valence-electron chi connectivity index (χ2n) is 8.63. The minimum Gasteiger partial charge on any atom is -0.504 e. The van der Waals surface area contributed by atoms with Gasteiger partial charge in [-0.2, -0.15) is 0 Å². The summed E-state index contributed by atoms with van der Waals surface area (Å²) in [5, 5.41) is 20.8. The highest BCUT2D eigenvalue weighted by Crippen LogP contribution is 2.28. The molecule has 0 saturated carbocycles. The molecule has 0 aliphatic heterocycles. The number of Topliss-reactive ketones (excluding diaryl/α,β-unsaturated/α-hetero) is 2. The number of hydrogen-bond acceptors (Lipinski definition) is 5. The Morgan fingerprint density at radius 3 is 1.74 bits per heavy atom. The van der Waals surface area contributed by atoms with Crippen molar-refractivity contribution in [2.24, 2.45) is 0 Å². The molecule has 0 amide bonds. The van der Waals surface area contributed by atoms with E-state index in [1.165, 1.54) is 38.5 Å². The second kappa shape index (κ2) is 12.3. The van der Waals surface area contributed by atoms with Gasteiger partial charge in [0.25, 0.3) is 0 Å². The lowest BCUT2D eigenvalue weighted by Crippen LogP contribution is -2.25. The van der Waals surface area contributed by atoms with Crippen molar-refractivity contribution < 1.29 is 19.8 Å². The zero-order valence-corrected chi connectivity index (χ0v) is 19.2. The molecule has 31 heavy (non-hydrogen) atoms. The molecule has 1 aliphatic carbocycles. The van der Waals surface area contributed by atoms with Gasteiger partial charge in [0.15, 0.2) is 11.5 Å².